The summed E-state index contributed by atoms with van der Waals surface area (Å²) in [6.45, 7) is 2.17. The molecule has 1 atom stereocenters. The summed E-state index contributed by atoms with van der Waals surface area (Å²) in [4.78, 5) is 12.4. The molecule has 5 heteroatoms. The number of carbonyl (C=O) groups excluding carboxylic acids is 1. The minimum atomic E-state index is -0.0748. The van der Waals surface area contributed by atoms with Gasteiger partial charge in [-0.05, 0) is 86.8 Å². The average Bonchev–Trinajstić information content (AvgIpc) is 2.52. The van der Waals surface area contributed by atoms with E-state index < -0.39 is 0 Å². The number of nitrogens with one attached hydrogen (secondary N) is 1. The molecule has 4 aliphatic carbocycles. The van der Waals surface area contributed by atoms with Crippen molar-refractivity contribution in [1.82, 2.24) is 5.32 Å². The molecule has 136 valence electrons. The smallest absolute Gasteiger partial charge is 0.258 e. The number of halogens is 2. The number of amides is 1. The summed E-state index contributed by atoms with van der Waals surface area (Å²) in [6, 6.07) is 5.23. The third-order valence-electron chi connectivity index (χ3n) is 6.63. The van der Waals surface area contributed by atoms with Gasteiger partial charge in [0, 0.05) is 11.1 Å². The first-order chi connectivity index (χ1) is 11.9. The molecule has 0 unspecified atom stereocenters. The number of ether oxygens (including phenoxy) is 1. The molecule has 1 amide bonds. The maximum atomic E-state index is 12.4. The zero-order valence-electron chi connectivity index (χ0n) is 14.6. The van der Waals surface area contributed by atoms with Gasteiger partial charge in [0.1, 0.15) is 5.75 Å². The van der Waals surface area contributed by atoms with Crippen LogP contribution in [0.1, 0.15) is 45.4 Å². The lowest BCUT2D eigenvalue weighted by Crippen LogP contribution is -2.56. The lowest BCUT2D eigenvalue weighted by Gasteiger charge is -2.59. The molecule has 25 heavy (non-hydrogen) atoms. The highest BCUT2D eigenvalue weighted by Gasteiger charge is 2.53. The normalized spacial score (nSPS) is 34.0. The average molecular weight is 382 g/mol. The second-order valence-electron chi connectivity index (χ2n) is 8.43. The highest BCUT2D eigenvalue weighted by atomic mass is 35.5. The van der Waals surface area contributed by atoms with Crippen LogP contribution in [0.2, 0.25) is 10.0 Å². The van der Waals surface area contributed by atoms with Gasteiger partial charge in [-0.2, -0.15) is 0 Å². The first-order valence-electron chi connectivity index (χ1n) is 9.31. The van der Waals surface area contributed by atoms with E-state index in [9.17, 15) is 4.79 Å². The second kappa shape index (κ2) is 6.66. The first kappa shape index (κ1) is 17.5. The molecule has 1 aromatic carbocycles. The van der Waals surface area contributed by atoms with Gasteiger partial charge < -0.3 is 10.1 Å². The molecule has 0 radical (unpaired) electrons. The molecule has 3 nitrogen and oxygen atoms in total. The van der Waals surface area contributed by atoms with Crippen molar-refractivity contribution in [3.63, 3.8) is 0 Å². The van der Waals surface area contributed by atoms with Crippen molar-refractivity contribution in [3.8, 4) is 5.75 Å². The molecule has 5 rings (SSSR count). The van der Waals surface area contributed by atoms with E-state index in [1.807, 2.05) is 0 Å². The van der Waals surface area contributed by atoms with Crippen molar-refractivity contribution in [3.05, 3.63) is 28.2 Å². The number of benzene rings is 1. The zero-order valence-corrected chi connectivity index (χ0v) is 16.1. The number of rotatable bonds is 5. The molecular weight excluding hydrogens is 357 g/mol. The summed E-state index contributed by atoms with van der Waals surface area (Å²) >= 11 is 12.0. The van der Waals surface area contributed by atoms with E-state index >= 15 is 0 Å². The Hall–Kier alpha value is -0.930. The summed E-state index contributed by atoms with van der Waals surface area (Å²) in [6.07, 6.45) is 8.09. The minimum absolute atomic E-state index is 0.0158. The molecule has 1 N–H and O–H groups in total. The minimum Gasteiger partial charge on any atom is -0.482 e. The summed E-state index contributed by atoms with van der Waals surface area (Å²) in [7, 11) is 0. The van der Waals surface area contributed by atoms with Crippen LogP contribution < -0.4 is 10.1 Å². The van der Waals surface area contributed by atoms with Crippen LogP contribution in [0.5, 0.6) is 5.75 Å². The molecule has 0 saturated heterocycles. The fourth-order valence-corrected chi connectivity index (χ4v) is 6.34. The number of carbonyl (C=O) groups is 1. The van der Waals surface area contributed by atoms with Crippen LogP contribution in [0.4, 0.5) is 0 Å². The van der Waals surface area contributed by atoms with Gasteiger partial charge in [0.05, 0.1) is 5.02 Å². The third kappa shape index (κ3) is 3.50. The van der Waals surface area contributed by atoms with Crippen molar-refractivity contribution in [2.75, 3.05) is 6.61 Å². The van der Waals surface area contributed by atoms with Gasteiger partial charge in [0.15, 0.2) is 6.61 Å². The van der Waals surface area contributed by atoms with Gasteiger partial charge in [-0.25, -0.2) is 0 Å². The Labute approximate surface area is 159 Å². The summed E-state index contributed by atoms with van der Waals surface area (Å²) in [5, 5.41) is 4.18. The third-order valence-corrected chi connectivity index (χ3v) is 7.16. The Morgan fingerprint density at radius 2 is 1.80 bits per heavy atom. The number of hydrogen-bond donors (Lipinski definition) is 1. The van der Waals surface area contributed by atoms with Gasteiger partial charge in [-0.3, -0.25) is 4.79 Å². The van der Waals surface area contributed by atoms with E-state index in [1.54, 1.807) is 18.2 Å². The van der Waals surface area contributed by atoms with E-state index in [4.69, 9.17) is 27.9 Å². The molecular formula is C20H25Cl2NO2. The lowest BCUT2D eigenvalue weighted by atomic mass is 9.48. The number of hydrogen-bond acceptors (Lipinski definition) is 2. The van der Waals surface area contributed by atoms with Crippen molar-refractivity contribution in [2.45, 2.75) is 51.5 Å². The van der Waals surface area contributed by atoms with Crippen molar-refractivity contribution >= 4 is 29.1 Å². The molecule has 0 spiro atoms. The predicted molar refractivity (Wildman–Crippen MR) is 100 cm³/mol. The van der Waals surface area contributed by atoms with Crippen LogP contribution in [-0.4, -0.2) is 18.6 Å². The van der Waals surface area contributed by atoms with Crippen LogP contribution in [0.15, 0.2) is 18.2 Å². The van der Waals surface area contributed by atoms with Crippen LogP contribution in [0, 0.1) is 23.2 Å². The van der Waals surface area contributed by atoms with Crippen LogP contribution >= 0.6 is 23.2 Å². The lowest BCUT2D eigenvalue weighted by molar-refractivity contribution is -0.127. The standard InChI is InChI=1S/C20H25Cl2NO2/c1-12(20-8-13-4-14(9-20)6-15(5-13)10-20)23-19(24)11-25-18-3-2-16(21)7-17(18)22/h2-3,7,12-15H,4-6,8-11H2,1H3,(H,23,24)/t12-,13?,14?,15?,20?/m0/s1. The fourth-order valence-electron chi connectivity index (χ4n) is 5.88. The van der Waals surface area contributed by atoms with E-state index in [1.165, 1.54) is 38.5 Å². The van der Waals surface area contributed by atoms with Gasteiger partial charge in [0.2, 0.25) is 0 Å². The molecule has 0 aliphatic heterocycles. The van der Waals surface area contributed by atoms with Gasteiger partial charge >= 0.3 is 0 Å². The Morgan fingerprint density at radius 3 is 2.36 bits per heavy atom. The molecule has 4 aliphatic rings. The predicted octanol–water partition coefficient (Wildman–Crippen LogP) is 5.09. The second-order valence-corrected chi connectivity index (χ2v) is 9.28. The molecule has 0 aromatic heterocycles. The maximum absolute atomic E-state index is 12.4. The van der Waals surface area contributed by atoms with Crippen molar-refractivity contribution < 1.29 is 9.53 Å². The topological polar surface area (TPSA) is 38.3 Å². The van der Waals surface area contributed by atoms with E-state index in [0.29, 0.717) is 21.2 Å². The van der Waals surface area contributed by atoms with Crippen molar-refractivity contribution in [1.29, 1.82) is 0 Å². The first-order valence-corrected chi connectivity index (χ1v) is 10.1. The fraction of sp³-hybridized carbons (Fsp3) is 0.650. The van der Waals surface area contributed by atoms with Gasteiger partial charge in [-0.1, -0.05) is 23.2 Å². The van der Waals surface area contributed by atoms with E-state index in [0.717, 1.165) is 17.8 Å². The van der Waals surface area contributed by atoms with Crippen LogP contribution in [0.3, 0.4) is 0 Å². The summed E-state index contributed by atoms with van der Waals surface area (Å²) in [5.74, 6) is 3.07. The Kier molecular flexibility index (Phi) is 4.66. The van der Waals surface area contributed by atoms with E-state index in [2.05, 4.69) is 12.2 Å². The molecule has 4 fully saturated rings. The van der Waals surface area contributed by atoms with Crippen LogP contribution in [-0.2, 0) is 4.79 Å². The maximum Gasteiger partial charge on any atom is 0.258 e. The monoisotopic (exact) mass is 381 g/mol. The largest absolute Gasteiger partial charge is 0.482 e. The molecule has 0 heterocycles. The SMILES string of the molecule is C[C@H](NC(=O)COc1ccc(Cl)cc1Cl)C12CC3CC(CC(C3)C1)C2. The highest BCUT2D eigenvalue weighted by Crippen LogP contribution is 2.61. The highest BCUT2D eigenvalue weighted by molar-refractivity contribution is 6.35. The Morgan fingerprint density at radius 1 is 1.20 bits per heavy atom. The Balaban J connectivity index is 1.34. The zero-order chi connectivity index (χ0) is 17.6. The van der Waals surface area contributed by atoms with Gasteiger partial charge in [-0.15, -0.1) is 0 Å². The molecule has 4 saturated carbocycles. The molecule has 4 bridgehead atoms. The van der Waals surface area contributed by atoms with Crippen molar-refractivity contribution in [2.24, 2.45) is 23.2 Å². The van der Waals surface area contributed by atoms with Gasteiger partial charge in [0.25, 0.3) is 5.91 Å². The Bertz CT molecular complexity index is 640. The summed E-state index contributed by atoms with van der Waals surface area (Å²) in [5.41, 5.74) is 0.308. The van der Waals surface area contributed by atoms with E-state index in [-0.39, 0.29) is 18.6 Å². The van der Waals surface area contributed by atoms with Crippen LogP contribution in [0.25, 0.3) is 0 Å². The molecule has 1 aromatic rings. The quantitative estimate of drug-likeness (QED) is 0.770. The summed E-state index contributed by atoms with van der Waals surface area (Å²) < 4.78 is 5.57.